The van der Waals surface area contributed by atoms with E-state index in [-0.39, 0.29) is 0 Å². The van der Waals surface area contributed by atoms with E-state index in [0.29, 0.717) is 0 Å². The Morgan fingerprint density at radius 1 is 1.44 bits per heavy atom. The molecule has 0 fully saturated rings. The van der Waals surface area contributed by atoms with Crippen LogP contribution in [0.2, 0.25) is 0 Å². The van der Waals surface area contributed by atoms with E-state index >= 15 is 0 Å². The average Bonchev–Trinajstić information content (AvgIpc) is 2.27. The number of nitrogens with zero attached hydrogens (tertiary/aromatic N) is 3. The monoisotopic (exact) mass is 215 g/mol. The summed E-state index contributed by atoms with van der Waals surface area (Å²) in [6.07, 6.45) is 1.81. The molecule has 1 aromatic carbocycles. The Bertz CT molecular complexity index is 499. The normalized spacial score (nSPS) is 27.7. The Kier molecular flexibility index (Phi) is 2.46. The van der Waals surface area contributed by atoms with Crippen LogP contribution in [0.1, 0.15) is 25.0 Å². The van der Waals surface area contributed by atoms with Gasteiger partial charge in [0.25, 0.3) is 0 Å². The second-order valence-corrected chi connectivity index (χ2v) is 4.19. The molecule has 2 rings (SSSR count). The molecule has 0 unspecified atom stereocenters. The zero-order valence-corrected chi connectivity index (χ0v) is 9.25. The summed E-state index contributed by atoms with van der Waals surface area (Å²) in [5, 5.41) is 14.1. The van der Waals surface area contributed by atoms with Crippen LogP contribution in [0.5, 0.6) is 0 Å². The summed E-state index contributed by atoms with van der Waals surface area (Å²) in [6, 6.07) is 7.08. The van der Waals surface area contributed by atoms with Crippen LogP contribution < -0.4 is 0 Å². The lowest BCUT2D eigenvalue weighted by atomic mass is 9.78. The Labute approximate surface area is 93.9 Å². The number of fused-ring (bicyclic) bond motifs is 1. The first kappa shape index (κ1) is 10.7. The fourth-order valence-electron chi connectivity index (χ4n) is 2.12. The van der Waals surface area contributed by atoms with Gasteiger partial charge in [0.15, 0.2) is 0 Å². The second kappa shape index (κ2) is 3.67. The van der Waals surface area contributed by atoms with Crippen LogP contribution in [0, 0.1) is 0 Å². The van der Waals surface area contributed by atoms with Crippen LogP contribution in [-0.2, 0) is 5.60 Å². The molecule has 82 valence electrons. The van der Waals surface area contributed by atoms with Gasteiger partial charge in [-0.05, 0) is 36.1 Å². The molecule has 0 bridgehead atoms. The summed E-state index contributed by atoms with van der Waals surface area (Å²) in [4.78, 5) is 2.78. The molecule has 1 aliphatic carbocycles. The fourth-order valence-corrected chi connectivity index (χ4v) is 2.12. The van der Waals surface area contributed by atoms with Gasteiger partial charge in [-0.3, -0.25) is 0 Å². The lowest BCUT2D eigenvalue weighted by Crippen LogP contribution is -2.37. The van der Waals surface area contributed by atoms with Gasteiger partial charge in [-0.15, -0.1) is 0 Å². The summed E-state index contributed by atoms with van der Waals surface area (Å²) in [5.41, 5.74) is 10.2. The predicted molar refractivity (Wildman–Crippen MR) is 62.6 cm³/mol. The molecule has 0 amide bonds. The first-order valence-corrected chi connectivity index (χ1v) is 5.12. The molecule has 0 saturated carbocycles. The highest BCUT2D eigenvalue weighted by Crippen LogP contribution is 2.38. The largest absolute Gasteiger partial charge is 0.385 e. The predicted octanol–water partition coefficient (Wildman–Crippen LogP) is 2.99. The third-order valence-corrected chi connectivity index (χ3v) is 3.06. The van der Waals surface area contributed by atoms with Crippen molar-refractivity contribution in [2.75, 3.05) is 0 Å². The van der Waals surface area contributed by atoms with Crippen molar-refractivity contribution < 1.29 is 5.11 Å². The number of rotatable bonds is 1. The third kappa shape index (κ3) is 1.48. The molecule has 0 spiro atoms. The molecule has 16 heavy (non-hydrogen) atoms. The van der Waals surface area contributed by atoms with Crippen molar-refractivity contribution in [1.82, 2.24) is 0 Å². The van der Waals surface area contributed by atoms with Crippen molar-refractivity contribution in [2.24, 2.45) is 5.11 Å². The smallest absolute Gasteiger partial charge is 0.0993 e. The van der Waals surface area contributed by atoms with E-state index in [1.165, 1.54) is 0 Å². The van der Waals surface area contributed by atoms with E-state index < -0.39 is 11.6 Å². The topological polar surface area (TPSA) is 69.0 Å². The molecular formula is C12H13N3O. The van der Waals surface area contributed by atoms with Crippen LogP contribution in [0.4, 0.5) is 0 Å². The Hall–Kier alpha value is -1.77. The highest BCUT2D eigenvalue weighted by Gasteiger charge is 2.36. The van der Waals surface area contributed by atoms with Crippen molar-refractivity contribution in [1.29, 1.82) is 0 Å². The van der Waals surface area contributed by atoms with Gasteiger partial charge in [0.05, 0.1) is 11.6 Å². The number of hydrogen-bond donors (Lipinski definition) is 1. The van der Waals surface area contributed by atoms with Gasteiger partial charge in [0, 0.05) is 4.91 Å². The van der Waals surface area contributed by atoms with Gasteiger partial charge in [-0.25, -0.2) is 0 Å². The van der Waals surface area contributed by atoms with Crippen LogP contribution >= 0.6 is 0 Å². The molecule has 0 aliphatic heterocycles. The minimum absolute atomic E-state index is 0.549. The fraction of sp³-hybridized carbons (Fsp3) is 0.333. The molecule has 4 heteroatoms. The van der Waals surface area contributed by atoms with E-state index in [0.717, 1.165) is 16.7 Å². The standard InChI is InChI=1S/C12H13N3O/c1-8-7-11(14-15-13)12(2,16)10-6-4-3-5-9(8)10/h3-7,11,16H,1-2H3/t11-,12+/m1/s1. The maximum absolute atomic E-state index is 10.4. The molecular weight excluding hydrogens is 202 g/mol. The summed E-state index contributed by atoms with van der Waals surface area (Å²) >= 11 is 0. The minimum atomic E-state index is -1.14. The van der Waals surface area contributed by atoms with Crippen LogP contribution in [-0.4, -0.2) is 11.1 Å². The first-order valence-electron chi connectivity index (χ1n) is 5.12. The Morgan fingerprint density at radius 3 is 2.81 bits per heavy atom. The van der Waals surface area contributed by atoms with Gasteiger partial charge in [-0.2, -0.15) is 0 Å². The minimum Gasteiger partial charge on any atom is -0.385 e. The lowest BCUT2D eigenvalue weighted by Gasteiger charge is -2.34. The first-order chi connectivity index (χ1) is 7.57. The SMILES string of the molecule is CC1=C[C@@H](N=[N+]=[N-])[C@@](C)(O)c2ccccc21. The van der Waals surface area contributed by atoms with Gasteiger partial charge in [-0.1, -0.05) is 35.5 Å². The van der Waals surface area contributed by atoms with E-state index in [2.05, 4.69) is 10.0 Å². The molecule has 0 saturated heterocycles. The second-order valence-electron chi connectivity index (χ2n) is 4.19. The van der Waals surface area contributed by atoms with Crippen LogP contribution in [0.3, 0.4) is 0 Å². The highest BCUT2D eigenvalue weighted by atomic mass is 16.3. The number of aliphatic hydroxyl groups is 1. The Morgan fingerprint density at radius 2 is 2.12 bits per heavy atom. The van der Waals surface area contributed by atoms with Crippen molar-refractivity contribution >= 4 is 5.57 Å². The number of benzene rings is 1. The van der Waals surface area contributed by atoms with Crippen molar-refractivity contribution in [2.45, 2.75) is 25.5 Å². The molecule has 1 N–H and O–H groups in total. The Balaban J connectivity index is 2.64. The summed E-state index contributed by atoms with van der Waals surface area (Å²) in [6.45, 7) is 3.63. The summed E-state index contributed by atoms with van der Waals surface area (Å²) < 4.78 is 0. The average molecular weight is 215 g/mol. The van der Waals surface area contributed by atoms with E-state index in [1.807, 2.05) is 37.3 Å². The maximum atomic E-state index is 10.4. The third-order valence-electron chi connectivity index (χ3n) is 3.06. The molecule has 1 aliphatic rings. The number of allylic oxidation sites excluding steroid dienone is 1. The molecule has 0 radical (unpaired) electrons. The molecule has 0 heterocycles. The van der Waals surface area contributed by atoms with E-state index in [9.17, 15) is 5.11 Å². The van der Waals surface area contributed by atoms with Gasteiger partial charge >= 0.3 is 0 Å². The summed E-state index contributed by atoms with van der Waals surface area (Å²) in [5.74, 6) is 0. The zero-order chi connectivity index (χ0) is 11.8. The van der Waals surface area contributed by atoms with Gasteiger partial charge < -0.3 is 5.11 Å². The summed E-state index contributed by atoms with van der Waals surface area (Å²) in [7, 11) is 0. The van der Waals surface area contributed by atoms with E-state index in [4.69, 9.17) is 5.53 Å². The molecule has 4 nitrogen and oxygen atoms in total. The quantitative estimate of drug-likeness (QED) is 0.436. The van der Waals surface area contributed by atoms with Crippen molar-refractivity contribution in [3.63, 3.8) is 0 Å². The number of hydrogen-bond acceptors (Lipinski definition) is 2. The highest BCUT2D eigenvalue weighted by molar-refractivity contribution is 5.71. The van der Waals surface area contributed by atoms with Gasteiger partial charge in [0.2, 0.25) is 0 Å². The van der Waals surface area contributed by atoms with E-state index in [1.54, 1.807) is 6.92 Å². The lowest BCUT2D eigenvalue weighted by molar-refractivity contribution is 0.0423. The maximum Gasteiger partial charge on any atom is 0.0993 e. The number of azide groups is 1. The molecule has 0 aromatic heterocycles. The molecule has 2 atom stereocenters. The van der Waals surface area contributed by atoms with Crippen molar-refractivity contribution in [3.8, 4) is 0 Å². The van der Waals surface area contributed by atoms with Crippen LogP contribution in [0.25, 0.3) is 16.0 Å². The van der Waals surface area contributed by atoms with Gasteiger partial charge in [0.1, 0.15) is 0 Å². The van der Waals surface area contributed by atoms with Crippen molar-refractivity contribution in [3.05, 3.63) is 51.9 Å². The zero-order valence-electron chi connectivity index (χ0n) is 9.25. The van der Waals surface area contributed by atoms with Crippen LogP contribution in [0.15, 0.2) is 35.5 Å². The molecule has 1 aromatic rings.